The molecule has 1 amide bonds. The lowest BCUT2D eigenvalue weighted by atomic mass is 10.1. The number of nitrogens with zero attached hydrogens (tertiary/aromatic N) is 2. The van der Waals surface area contributed by atoms with Gasteiger partial charge in [0, 0.05) is 0 Å². The minimum Gasteiger partial charge on any atom is -0.323 e. The van der Waals surface area contributed by atoms with Gasteiger partial charge in [-0.2, -0.15) is 5.26 Å². The maximum Gasteiger partial charge on any atom is 0.245 e. The van der Waals surface area contributed by atoms with Crippen LogP contribution in [-0.2, 0) is 14.8 Å². The Hall–Kier alpha value is -2.85. The second kappa shape index (κ2) is 7.36. The van der Waals surface area contributed by atoms with Gasteiger partial charge in [-0.25, -0.2) is 8.42 Å². The van der Waals surface area contributed by atoms with Crippen molar-refractivity contribution in [2.24, 2.45) is 0 Å². The van der Waals surface area contributed by atoms with Crippen molar-refractivity contribution in [3.63, 3.8) is 0 Å². The molecule has 6 nitrogen and oxygen atoms in total. The van der Waals surface area contributed by atoms with Gasteiger partial charge in [0.25, 0.3) is 0 Å². The number of carbonyl (C=O) groups excluding carboxylic acids is 1. The number of nitriles is 1. The average molecular weight is 357 g/mol. The topological polar surface area (TPSA) is 90.3 Å². The van der Waals surface area contributed by atoms with E-state index in [0.717, 1.165) is 21.7 Å². The van der Waals surface area contributed by atoms with E-state index in [2.05, 4.69) is 5.32 Å². The van der Waals surface area contributed by atoms with Crippen LogP contribution in [0.5, 0.6) is 0 Å². The summed E-state index contributed by atoms with van der Waals surface area (Å²) in [5.74, 6) is -0.520. The van der Waals surface area contributed by atoms with Crippen LogP contribution in [0.4, 0.5) is 11.4 Å². The van der Waals surface area contributed by atoms with Crippen LogP contribution in [-0.4, -0.2) is 27.1 Å². The molecule has 25 heavy (non-hydrogen) atoms. The van der Waals surface area contributed by atoms with E-state index in [-0.39, 0.29) is 6.54 Å². The molecular formula is C18H19N3O3S. The number of para-hydroxylation sites is 1. The molecule has 0 saturated heterocycles. The Morgan fingerprint density at radius 3 is 2.48 bits per heavy atom. The van der Waals surface area contributed by atoms with E-state index in [0.29, 0.717) is 16.9 Å². The number of aryl methyl sites for hydroxylation is 2. The number of nitrogens with one attached hydrogen (secondary N) is 1. The summed E-state index contributed by atoms with van der Waals surface area (Å²) in [4.78, 5) is 12.4. The Bertz CT molecular complexity index is 946. The number of rotatable bonds is 5. The molecule has 2 aromatic carbocycles. The monoisotopic (exact) mass is 357 g/mol. The lowest BCUT2D eigenvalue weighted by molar-refractivity contribution is -0.114. The molecule has 2 rings (SSSR count). The summed E-state index contributed by atoms with van der Waals surface area (Å²) in [5.41, 5.74) is 2.88. The van der Waals surface area contributed by atoms with Gasteiger partial charge in [0.15, 0.2) is 0 Å². The second-order valence-corrected chi connectivity index (χ2v) is 7.67. The lowest BCUT2D eigenvalue weighted by Gasteiger charge is -2.24. The van der Waals surface area contributed by atoms with Crippen LogP contribution in [0.2, 0.25) is 0 Å². The van der Waals surface area contributed by atoms with Gasteiger partial charge in [0.2, 0.25) is 15.9 Å². The van der Waals surface area contributed by atoms with Gasteiger partial charge >= 0.3 is 0 Å². The van der Waals surface area contributed by atoms with Crippen LogP contribution in [0.25, 0.3) is 0 Å². The summed E-state index contributed by atoms with van der Waals surface area (Å²) in [6.07, 6.45) is 1.06. The summed E-state index contributed by atoms with van der Waals surface area (Å²) in [6, 6.07) is 13.9. The van der Waals surface area contributed by atoms with Gasteiger partial charge in [-0.05, 0) is 37.6 Å². The smallest absolute Gasteiger partial charge is 0.245 e. The molecule has 0 fully saturated rings. The van der Waals surface area contributed by atoms with Crippen molar-refractivity contribution in [2.45, 2.75) is 13.8 Å². The number of amides is 1. The Morgan fingerprint density at radius 1 is 1.20 bits per heavy atom. The highest BCUT2D eigenvalue weighted by atomic mass is 32.2. The summed E-state index contributed by atoms with van der Waals surface area (Å²) in [5, 5.41) is 11.7. The van der Waals surface area contributed by atoms with Crippen molar-refractivity contribution in [2.75, 3.05) is 22.4 Å². The van der Waals surface area contributed by atoms with E-state index in [1.807, 2.05) is 19.1 Å². The SMILES string of the molecule is Cc1ccc(N(CC(=O)Nc2ccccc2C#N)S(C)(=O)=O)c(C)c1. The number of hydrogen-bond acceptors (Lipinski definition) is 4. The number of hydrogen-bond donors (Lipinski definition) is 1. The molecule has 0 aliphatic carbocycles. The third kappa shape index (κ3) is 4.58. The lowest BCUT2D eigenvalue weighted by Crippen LogP contribution is -2.38. The Morgan fingerprint density at radius 2 is 1.88 bits per heavy atom. The molecule has 0 spiro atoms. The highest BCUT2D eigenvalue weighted by Crippen LogP contribution is 2.23. The summed E-state index contributed by atoms with van der Waals surface area (Å²) in [6.45, 7) is 3.33. The van der Waals surface area contributed by atoms with Crippen molar-refractivity contribution >= 4 is 27.3 Å². The number of carbonyl (C=O) groups is 1. The first-order valence-corrected chi connectivity index (χ1v) is 9.41. The van der Waals surface area contributed by atoms with E-state index in [1.54, 1.807) is 43.3 Å². The number of anilines is 2. The van der Waals surface area contributed by atoms with Gasteiger partial charge in [-0.3, -0.25) is 9.10 Å². The maximum atomic E-state index is 12.4. The molecule has 1 N–H and O–H groups in total. The molecule has 0 aromatic heterocycles. The maximum absolute atomic E-state index is 12.4. The fourth-order valence-electron chi connectivity index (χ4n) is 2.48. The molecule has 0 heterocycles. The summed E-state index contributed by atoms with van der Waals surface area (Å²) >= 11 is 0. The first kappa shape index (κ1) is 18.5. The minimum absolute atomic E-state index is 0.313. The quantitative estimate of drug-likeness (QED) is 0.890. The normalized spacial score (nSPS) is 10.8. The van der Waals surface area contributed by atoms with Crippen molar-refractivity contribution in [1.82, 2.24) is 0 Å². The molecule has 0 bridgehead atoms. The van der Waals surface area contributed by atoms with Gasteiger partial charge in [-0.15, -0.1) is 0 Å². The van der Waals surface area contributed by atoms with Crippen molar-refractivity contribution in [1.29, 1.82) is 5.26 Å². The fraction of sp³-hybridized carbons (Fsp3) is 0.222. The molecule has 130 valence electrons. The minimum atomic E-state index is -3.65. The number of benzene rings is 2. The zero-order chi connectivity index (χ0) is 18.6. The standard InChI is InChI=1S/C18H19N3O3S/c1-13-8-9-17(14(2)10-13)21(25(3,23)24)12-18(22)20-16-7-5-4-6-15(16)11-19/h4-10H,12H2,1-3H3,(H,20,22). The average Bonchev–Trinajstić information content (AvgIpc) is 2.53. The Kier molecular flexibility index (Phi) is 5.45. The van der Waals surface area contributed by atoms with Crippen molar-refractivity contribution in [3.8, 4) is 6.07 Å². The molecule has 0 saturated carbocycles. The van der Waals surface area contributed by atoms with Crippen molar-refractivity contribution < 1.29 is 13.2 Å². The molecule has 2 aromatic rings. The highest BCUT2D eigenvalue weighted by Gasteiger charge is 2.22. The first-order valence-electron chi connectivity index (χ1n) is 7.56. The molecule has 0 aliphatic heterocycles. The van der Waals surface area contributed by atoms with Crippen LogP contribution in [0.3, 0.4) is 0 Å². The number of sulfonamides is 1. The molecule has 7 heteroatoms. The van der Waals surface area contributed by atoms with Crippen LogP contribution in [0.1, 0.15) is 16.7 Å². The third-order valence-electron chi connectivity index (χ3n) is 3.63. The molecule has 0 aliphatic rings. The van der Waals surface area contributed by atoms with Gasteiger partial charge in [0.05, 0.1) is 23.2 Å². The van der Waals surface area contributed by atoms with Crippen LogP contribution in [0, 0.1) is 25.2 Å². The van der Waals surface area contributed by atoms with Crippen LogP contribution in [0.15, 0.2) is 42.5 Å². The van der Waals surface area contributed by atoms with Gasteiger partial charge < -0.3 is 5.32 Å². The van der Waals surface area contributed by atoms with E-state index in [4.69, 9.17) is 5.26 Å². The van der Waals surface area contributed by atoms with Crippen molar-refractivity contribution in [3.05, 3.63) is 59.2 Å². The molecule has 0 radical (unpaired) electrons. The van der Waals surface area contributed by atoms with Gasteiger partial charge in [0.1, 0.15) is 12.6 Å². The highest BCUT2D eigenvalue weighted by molar-refractivity contribution is 7.92. The van der Waals surface area contributed by atoms with E-state index in [9.17, 15) is 13.2 Å². The summed E-state index contributed by atoms with van der Waals surface area (Å²) in [7, 11) is -3.65. The van der Waals surface area contributed by atoms with Crippen LogP contribution < -0.4 is 9.62 Å². The predicted molar refractivity (Wildman–Crippen MR) is 97.9 cm³/mol. The molecular weight excluding hydrogens is 338 g/mol. The fourth-order valence-corrected chi connectivity index (χ4v) is 3.39. The third-order valence-corrected chi connectivity index (χ3v) is 4.76. The van der Waals surface area contributed by atoms with Crippen LogP contribution >= 0.6 is 0 Å². The van der Waals surface area contributed by atoms with E-state index in [1.165, 1.54) is 0 Å². The zero-order valence-corrected chi connectivity index (χ0v) is 15.1. The van der Waals surface area contributed by atoms with Gasteiger partial charge in [-0.1, -0.05) is 29.8 Å². The molecule has 0 atom stereocenters. The Labute approximate surface area is 147 Å². The second-order valence-electron chi connectivity index (χ2n) is 5.77. The summed E-state index contributed by atoms with van der Waals surface area (Å²) < 4.78 is 25.4. The first-order chi connectivity index (χ1) is 11.7. The van der Waals surface area contributed by atoms with E-state index < -0.39 is 15.9 Å². The largest absolute Gasteiger partial charge is 0.323 e. The zero-order valence-electron chi connectivity index (χ0n) is 14.3. The predicted octanol–water partition coefficient (Wildman–Crippen LogP) is 2.58. The Balaban J connectivity index is 2.29. The van der Waals surface area contributed by atoms with E-state index >= 15 is 0 Å². The molecule has 0 unspecified atom stereocenters.